The van der Waals surface area contributed by atoms with Gasteiger partial charge in [-0.25, -0.2) is 4.39 Å². The number of rotatable bonds is 4. The van der Waals surface area contributed by atoms with Crippen molar-refractivity contribution < 1.29 is 4.39 Å². The van der Waals surface area contributed by atoms with Gasteiger partial charge in [-0.3, -0.25) is 4.90 Å². The van der Waals surface area contributed by atoms with E-state index in [-0.39, 0.29) is 11.9 Å². The van der Waals surface area contributed by atoms with Gasteiger partial charge in [0.05, 0.1) is 0 Å². The van der Waals surface area contributed by atoms with E-state index in [1.54, 1.807) is 6.07 Å². The summed E-state index contributed by atoms with van der Waals surface area (Å²) in [5.74, 6) is 0.502. The van der Waals surface area contributed by atoms with Crippen molar-refractivity contribution in [3.8, 4) is 0 Å². The molecule has 0 bridgehead atoms. The van der Waals surface area contributed by atoms with Crippen molar-refractivity contribution in [1.82, 2.24) is 10.2 Å². The zero-order valence-electron chi connectivity index (χ0n) is 11.6. The van der Waals surface area contributed by atoms with Gasteiger partial charge in [0.25, 0.3) is 0 Å². The van der Waals surface area contributed by atoms with Crippen LogP contribution in [0.5, 0.6) is 0 Å². The number of hydrogen-bond donors (Lipinski definition) is 1. The van der Waals surface area contributed by atoms with E-state index in [9.17, 15) is 4.39 Å². The van der Waals surface area contributed by atoms with Gasteiger partial charge in [-0.05, 0) is 53.1 Å². The smallest absolute Gasteiger partial charge is 0.128 e. The molecular formula is C15H22FIN2. The minimum Gasteiger partial charge on any atom is -0.314 e. The molecule has 1 heterocycles. The largest absolute Gasteiger partial charge is 0.314 e. The zero-order valence-corrected chi connectivity index (χ0v) is 13.8. The summed E-state index contributed by atoms with van der Waals surface area (Å²) in [6.45, 7) is 8.42. The van der Waals surface area contributed by atoms with Crippen LogP contribution in [0.4, 0.5) is 4.39 Å². The molecule has 19 heavy (non-hydrogen) atoms. The number of hydrogen-bond acceptors (Lipinski definition) is 2. The minimum absolute atomic E-state index is 0.0652. The number of piperazine rings is 1. The normalized spacial score (nSPS) is 18.8. The van der Waals surface area contributed by atoms with Crippen LogP contribution in [0.2, 0.25) is 0 Å². The van der Waals surface area contributed by atoms with Crippen LogP contribution in [-0.2, 0) is 0 Å². The van der Waals surface area contributed by atoms with Gasteiger partial charge in [0, 0.05) is 41.4 Å². The fraction of sp³-hybridized carbons (Fsp3) is 0.600. The second kappa shape index (κ2) is 6.99. The fourth-order valence-corrected chi connectivity index (χ4v) is 3.20. The van der Waals surface area contributed by atoms with Gasteiger partial charge in [-0.15, -0.1) is 0 Å². The molecule has 2 rings (SSSR count). The number of benzene rings is 1. The van der Waals surface area contributed by atoms with Crippen LogP contribution in [0.25, 0.3) is 0 Å². The summed E-state index contributed by atoms with van der Waals surface area (Å²) < 4.78 is 15.3. The van der Waals surface area contributed by atoms with Gasteiger partial charge >= 0.3 is 0 Å². The Balaban J connectivity index is 2.27. The zero-order chi connectivity index (χ0) is 13.8. The molecule has 1 aromatic carbocycles. The van der Waals surface area contributed by atoms with Crippen LogP contribution in [0, 0.1) is 15.3 Å². The molecule has 1 atom stereocenters. The van der Waals surface area contributed by atoms with Crippen molar-refractivity contribution in [3.63, 3.8) is 0 Å². The van der Waals surface area contributed by atoms with Crippen molar-refractivity contribution in [3.05, 3.63) is 33.1 Å². The molecular weight excluding hydrogens is 354 g/mol. The summed E-state index contributed by atoms with van der Waals surface area (Å²) in [5, 5.41) is 3.36. The molecule has 1 aliphatic rings. The van der Waals surface area contributed by atoms with E-state index >= 15 is 0 Å². The first-order chi connectivity index (χ1) is 9.08. The third-order valence-electron chi connectivity index (χ3n) is 3.60. The first-order valence-corrected chi connectivity index (χ1v) is 8.05. The van der Waals surface area contributed by atoms with E-state index in [2.05, 4.69) is 46.7 Å². The SMILES string of the molecule is CC(C)C[C@@H](c1cc(I)ccc1F)N1CCNCC1. The van der Waals surface area contributed by atoms with Crippen molar-refractivity contribution in [2.24, 2.45) is 5.92 Å². The summed E-state index contributed by atoms with van der Waals surface area (Å²) in [7, 11) is 0. The van der Waals surface area contributed by atoms with Crippen molar-refractivity contribution >= 4 is 22.6 Å². The predicted molar refractivity (Wildman–Crippen MR) is 85.8 cm³/mol. The van der Waals surface area contributed by atoms with Gasteiger partial charge in [0.1, 0.15) is 5.82 Å². The molecule has 1 fully saturated rings. The van der Waals surface area contributed by atoms with E-state index in [4.69, 9.17) is 0 Å². The van der Waals surface area contributed by atoms with E-state index in [0.29, 0.717) is 5.92 Å². The van der Waals surface area contributed by atoms with E-state index < -0.39 is 0 Å². The molecule has 0 saturated carbocycles. The Morgan fingerprint density at radius 3 is 2.63 bits per heavy atom. The Labute approximate surface area is 128 Å². The first kappa shape index (κ1) is 15.2. The lowest BCUT2D eigenvalue weighted by molar-refractivity contribution is 0.151. The summed E-state index contributed by atoms with van der Waals surface area (Å²) in [4.78, 5) is 2.42. The lowest BCUT2D eigenvalue weighted by Crippen LogP contribution is -2.45. The lowest BCUT2D eigenvalue weighted by atomic mass is 9.94. The molecule has 0 radical (unpaired) electrons. The fourth-order valence-electron chi connectivity index (χ4n) is 2.68. The number of halogens is 2. The van der Waals surface area contributed by atoms with Crippen molar-refractivity contribution in [1.29, 1.82) is 0 Å². The molecule has 1 aliphatic heterocycles. The summed E-state index contributed by atoms with van der Waals surface area (Å²) in [5.41, 5.74) is 0.863. The highest BCUT2D eigenvalue weighted by molar-refractivity contribution is 14.1. The molecule has 1 N–H and O–H groups in total. The third-order valence-corrected chi connectivity index (χ3v) is 4.28. The van der Waals surface area contributed by atoms with Crippen molar-refractivity contribution in [2.45, 2.75) is 26.3 Å². The Hall–Kier alpha value is -0.200. The predicted octanol–water partition coefficient (Wildman–Crippen LogP) is 3.42. The first-order valence-electron chi connectivity index (χ1n) is 6.97. The van der Waals surface area contributed by atoms with Crippen LogP contribution in [0.15, 0.2) is 18.2 Å². The van der Waals surface area contributed by atoms with Crippen LogP contribution < -0.4 is 5.32 Å². The third kappa shape index (κ3) is 4.13. The Bertz CT molecular complexity index is 417. The van der Waals surface area contributed by atoms with Crippen molar-refractivity contribution in [2.75, 3.05) is 26.2 Å². The molecule has 4 heteroatoms. The van der Waals surface area contributed by atoms with Crippen LogP contribution >= 0.6 is 22.6 Å². The summed E-state index contributed by atoms with van der Waals surface area (Å²) in [6, 6.07) is 5.65. The molecule has 1 saturated heterocycles. The molecule has 0 aliphatic carbocycles. The maximum Gasteiger partial charge on any atom is 0.128 e. The highest BCUT2D eigenvalue weighted by atomic mass is 127. The standard InChI is InChI=1S/C15H22FIN2/c1-11(2)9-15(19-7-5-18-6-8-19)13-10-12(17)3-4-14(13)16/h3-4,10-11,15,18H,5-9H2,1-2H3/t15-/m0/s1. The van der Waals surface area contributed by atoms with Gasteiger partial charge < -0.3 is 5.32 Å². The lowest BCUT2D eigenvalue weighted by Gasteiger charge is -2.36. The number of nitrogens with one attached hydrogen (secondary N) is 1. The second-order valence-electron chi connectivity index (χ2n) is 5.60. The Morgan fingerprint density at radius 2 is 2.00 bits per heavy atom. The van der Waals surface area contributed by atoms with Gasteiger partial charge in [0.15, 0.2) is 0 Å². The van der Waals surface area contributed by atoms with E-state index in [0.717, 1.165) is 41.7 Å². The summed E-state index contributed by atoms with van der Waals surface area (Å²) >= 11 is 2.26. The molecule has 0 unspecified atom stereocenters. The average Bonchev–Trinajstić information content (AvgIpc) is 2.40. The molecule has 106 valence electrons. The van der Waals surface area contributed by atoms with Gasteiger partial charge in [-0.2, -0.15) is 0 Å². The monoisotopic (exact) mass is 376 g/mol. The van der Waals surface area contributed by atoms with Gasteiger partial charge in [-0.1, -0.05) is 13.8 Å². The van der Waals surface area contributed by atoms with Gasteiger partial charge in [0.2, 0.25) is 0 Å². The minimum atomic E-state index is -0.0652. The topological polar surface area (TPSA) is 15.3 Å². The van der Waals surface area contributed by atoms with E-state index in [1.807, 2.05) is 12.1 Å². The second-order valence-corrected chi connectivity index (χ2v) is 6.84. The van der Waals surface area contributed by atoms with E-state index in [1.165, 1.54) is 0 Å². The van der Waals surface area contributed by atoms with Crippen LogP contribution in [0.3, 0.4) is 0 Å². The quantitative estimate of drug-likeness (QED) is 0.811. The Morgan fingerprint density at radius 1 is 1.32 bits per heavy atom. The highest BCUT2D eigenvalue weighted by Crippen LogP contribution is 2.30. The molecule has 0 spiro atoms. The average molecular weight is 376 g/mol. The molecule has 2 nitrogen and oxygen atoms in total. The Kier molecular flexibility index (Phi) is 5.59. The highest BCUT2D eigenvalue weighted by Gasteiger charge is 2.25. The maximum atomic E-state index is 14.2. The van der Waals surface area contributed by atoms with Crippen LogP contribution in [0.1, 0.15) is 31.9 Å². The molecule has 1 aromatic rings. The van der Waals surface area contributed by atoms with Crippen LogP contribution in [-0.4, -0.2) is 31.1 Å². The molecule has 0 amide bonds. The number of nitrogens with zero attached hydrogens (tertiary/aromatic N) is 1. The summed E-state index contributed by atoms with van der Waals surface area (Å²) in [6.07, 6.45) is 1.01. The molecule has 0 aromatic heterocycles. The maximum absolute atomic E-state index is 14.2.